The Hall–Kier alpha value is -2.91. The number of fused-ring (bicyclic) bond motifs is 3. The number of nitrogens with one attached hydrogen (secondary N) is 1. The van der Waals surface area contributed by atoms with Crippen molar-refractivity contribution in [3.05, 3.63) is 57.5 Å². The summed E-state index contributed by atoms with van der Waals surface area (Å²) >= 11 is 1.67. The monoisotopic (exact) mass is 377 g/mol. The molecule has 6 heteroatoms. The molecule has 136 valence electrons. The molecular weight excluding hydrogens is 358 g/mol. The molecule has 0 saturated heterocycles. The smallest absolute Gasteiger partial charge is 0.351 e. The van der Waals surface area contributed by atoms with Crippen LogP contribution in [-0.2, 0) is 22.4 Å². The van der Waals surface area contributed by atoms with Crippen LogP contribution in [-0.4, -0.2) is 18.4 Å². The topological polar surface area (TPSA) is 74.5 Å². The van der Waals surface area contributed by atoms with E-state index in [0.29, 0.717) is 11.5 Å². The second-order valence-electron chi connectivity index (χ2n) is 6.42. The molecular formula is C21H19N3O2S. The van der Waals surface area contributed by atoms with Crippen molar-refractivity contribution in [3.8, 4) is 6.07 Å². The van der Waals surface area contributed by atoms with Crippen LogP contribution in [0.25, 0.3) is 5.70 Å². The van der Waals surface area contributed by atoms with Gasteiger partial charge in [-0.25, -0.2) is 9.79 Å². The van der Waals surface area contributed by atoms with Gasteiger partial charge in [-0.1, -0.05) is 30.3 Å². The molecule has 2 aliphatic rings. The average molecular weight is 377 g/mol. The molecule has 5 nitrogen and oxygen atoms in total. The molecule has 27 heavy (non-hydrogen) atoms. The maximum atomic E-state index is 12.4. The van der Waals surface area contributed by atoms with Crippen molar-refractivity contribution in [2.75, 3.05) is 6.61 Å². The Morgan fingerprint density at radius 3 is 2.81 bits per heavy atom. The molecule has 2 aromatic rings. The van der Waals surface area contributed by atoms with Gasteiger partial charge in [0.25, 0.3) is 0 Å². The number of nitrogens with zero attached hydrogens (tertiary/aromatic N) is 2. The van der Waals surface area contributed by atoms with Crippen molar-refractivity contribution >= 4 is 33.8 Å². The van der Waals surface area contributed by atoms with Gasteiger partial charge in [0.2, 0.25) is 0 Å². The van der Waals surface area contributed by atoms with Crippen LogP contribution in [0.15, 0.2) is 40.9 Å². The molecule has 0 unspecified atom stereocenters. The van der Waals surface area contributed by atoms with Crippen LogP contribution in [0.4, 0.5) is 5.00 Å². The quantitative estimate of drug-likeness (QED) is 0.496. The minimum absolute atomic E-state index is 0.00704. The number of carbonyl (C=O) groups excluding carboxylic acids is 1. The molecule has 0 saturated carbocycles. The zero-order chi connectivity index (χ0) is 18.8. The molecule has 0 fully saturated rings. The highest BCUT2D eigenvalue weighted by Crippen LogP contribution is 2.45. The summed E-state index contributed by atoms with van der Waals surface area (Å²) in [6.07, 6.45) is 4.25. The number of aryl methyl sites for hydroxylation is 1. The Labute approximate surface area is 162 Å². The average Bonchev–Trinajstić information content (AvgIpc) is 3.08. The van der Waals surface area contributed by atoms with Crippen molar-refractivity contribution in [2.45, 2.75) is 32.6 Å². The van der Waals surface area contributed by atoms with E-state index in [1.54, 1.807) is 18.3 Å². The first kappa shape index (κ1) is 17.5. The van der Waals surface area contributed by atoms with Crippen molar-refractivity contribution < 1.29 is 9.53 Å². The molecule has 0 spiro atoms. The zero-order valence-corrected chi connectivity index (χ0v) is 15.9. The summed E-state index contributed by atoms with van der Waals surface area (Å²) in [7, 11) is 0. The number of thiophene rings is 1. The van der Waals surface area contributed by atoms with E-state index in [0.717, 1.165) is 41.8 Å². The number of benzene rings is 1. The van der Waals surface area contributed by atoms with Crippen molar-refractivity contribution in [3.63, 3.8) is 0 Å². The van der Waals surface area contributed by atoms with E-state index in [-0.39, 0.29) is 12.2 Å². The minimum atomic E-state index is -0.599. The summed E-state index contributed by atoms with van der Waals surface area (Å²) in [6, 6.07) is 11.8. The van der Waals surface area contributed by atoms with E-state index < -0.39 is 5.97 Å². The third-order valence-electron chi connectivity index (χ3n) is 4.75. The van der Waals surface area contributed by atoms with Crippen LogP contribution in [0, 0.1) is 11.3 Å². The maximum absolute atomic E-state index is 12.4. The van der Waals surface area contributed by atoms with Gasteiger partial charge in [0, 0.05) is 16.0 Å². The molecule has 2 heterocycles. The van der Waals surface area contributed by atoms with Crippen molar-refractivity contribution in [2.24, 2.45) is 4.99 Å². The van der Waals surface area contributed by atoms with Gasteiger partial charge < -0.3 is 10.1 Å². The SMILES string of the molecule is CCOC(=O)/C(C#N)=C1/NC(c2ccccc2)=Nc2sc3c(c21)CCCC3. The van der Waals surface area contributed by atoms with Crippen LogP contribution >= 0.6 is 11.3 Å². The summed E-state index contributed by atoms with van der Waals surface area (Å²) in [4.78, 5) is 18.6. The highest BCUT2D eigenvalue weighted by Gasteiger charge is 2.31. The van der Waals surface area contributed by atoms with Gasteiger partial charge in [0.05, 0.1) is 12.3 Å². The number of ether oxygens (including phenoxy) is 1. The molecule has 4 rings (SSSR count). The summed E-state index contributed by atoms with van der Waals surface area (Å²) in [5.74, 6) is 0.0484. The Balaban J connectivity index is 1.93. The minimum Gasteiger partial charge on any atom is -0.462 e. The molecule has 1 N–H and O–H groups in total. The van der Waals surface area contributed by atoms with Crippen LogP contribution in [0.2, 0.25) is 0 Å². The summed E-state index contributed by atoms with van der Waals surface area (Å²) in [6.45, 7) is 1.96. The lowest BCUT2D eigenvalue weighted by Crippen LogP contribution is -2.28. The van der Waals surface area contributed by atoms with E-state index in [4.69, 9.17) is 9.73 Å². The van der Waals surface area contributed by atoms with E-state index in [9.17, 15) is 10.1 Å². The molecule has 0 atom stereocenters. The summed E-state index contributed by atoms with van der Waals surface area (Å²) in [5.41, 5.74) is 3.57. The first-order chi connectivity index (χ1) is 13.2. The van der Waals surface area contributed by atoms with Crippen LogP contribution in [0.5, 0.6) is 0 Å². The fourth-order valence-electron chi connectivity index (χ4n) is 3.53. The van der Waals surface area contributed by atoms with Crippen LogP contribution in [0.3, 0.4) is 0 Å². The van der Waals surface area contributed by atoms with Crippen molar-refractivity contribution in [1.82, 2.24) is 5.32 Å². The van der Waals surface area contributed by atoms with Gasteiger partial charge in [-0.05, 0) is 38.2 Å². The fourth-order valence-corrected chi connectivity index (χ4v) is 4.80. The number of hydrogen-bond acceptors (Lipinski definition) is 6. The predicted octanol–water partition coefficient (Wildman–Crippen LogP) is 4.11. The number of carbonyl (C=O) groups is 1. The Bertz CT molecular complexity index is 996. The Morgan fingerprint density at radius 1 is 1.30 bits per heavy atom. The van der Waals surface area contributed by atoms with Crippen LogP contribution < -0.4 is 5.32 Å². The van der Waals surface area contributed by atoms with Gasteiger partial charge >= 0.3 is 5.97 Å². The third-order valence-corrected chi connectivity index (χ3v) is 5.93. The van der Waals surface area contributed by atoms with Gasteiger partial charge in [-0.15, -0.1) is 11.3 Å². The summed E-state index contributed by atoms with van der Waals surface area (Å²) < 4.78 is 5.13. The fraction of sp³-hybridized carbons (Fsp3) is 0.286. The van der Waals surface area contributed by atoms with Crippen LogP contribution in [0.1, 0.15) is 41.3 Å². The largest absolute Gasteiger partial charge is 0.462 e. The number of hydrogen-bond donors (Lipinski definition) is 1. The molecule has 0 radical (unpaired) electrons. The van der Waals surface area contributed by atoms with E-state index in [1.165, 1.54) is 10.4 Å². The van der Waals surface area contributed by atoms with Gasteiger partial charge in [-0.3, -0.25) is 0 Å². The molecule has 1 aliphatic carbocycles. The molecule has 1 aliphatic heterocycles. The normalized spacial score (nSPS) is 17.0. The number of amidine groups is 1. The Morgan fingerprint density at radius 2 is 2.07 bits per heavy atom. The Kier molecular flexibility index (Phi) is 4.78. The summed E-state index contributed by atoms with van der Waals surface area (Å²) in [5, 5.41) is 13.8. The molecule has 0 bridgehead atoms. The second-order valence-corrected chi connectivity index (χ2v) is 7.51. The third kappa shape index (κ3) is 3.15. The number of aliphatic imine (C=N–C) groups is 1. The lowest BCUT2D eigenvalue weighted by atomic mass is 9.92. The molecule has 0 amide bonds. The first-order valence-electron chi connectivity index (χ1n) is 9.10. The maximum Gasteiger partial charge on any atom is 0.351 e. The lowest BCUT2D eigenvalue weighted by molar-refractivity contribution is -0.137. The zero-order valence-electron chi connectivity index (χ0n) is 15.0. The van der Waals surface area contributed by atoms with E-state index in [1.807, 2.05) is 30.3 Å². The predicted molar refractivity (Wildman–Crippen MR) is 106 cm³/mol. The molecule has 1 aromatic carbocycles. The van der Waals surface area contributed by atoms with Gasteiger partial charge in [0.1, 0.15) is 16.9 Å². The number of nitriles is 1. The number of rotatable bonds is 3. The number of esters is 1. The van der Waals surface area contributed by atoms with E-state index >= 15 is 0 Å². The highest BCUT2D eigenvalue weighted by molar-refractivity contribution is 7.16. The lowest BCUT2D eigenvalue weighted by Gasteiger charge is -2.22. The highest BCUT2D eigenvalue weighted by atomic mass is 32.1. The van der Waals surface area contributed by atoms with E-state index in [2.05, 4.69) is 11.4 Å². The standard InChI is InChI=1S/C21H19N3O2S/c1-2-26-21(25)15(12-22)18-17-14-10-6-7-11-16(14)27-20(17)24-19(23-18)13-8-4-3-5-9-13/h3-5,8-9H,2,6-7,10-11H2,1H3,(H,23,24)/b18-15+. The van der Waals surface area contributed by atoms with Gasteiger partial charge in [0.15, 0.2) is 5.57 Å². The van der Waals surface area contributed by atoms with Crippen molar-refractivity contribution in [1.29, 1.82) is 5.26 Å². The van der Waals surface area contributed by atoms with Gasteiger partial charge in [-0.2, -0.15) is 5.26 Å². The first-order valence-corrected chi connectivity index (χ1v) is 9.92. The molecule has 1 aromatic heterocycles. The second kappa shape index (κ2) is 7.37.